The third-order valence-electron chi connectivity index (χ3n) is 5.29. The Morgan fingerprint density at radius 3 is 1.00 bits per heavy atom. The maximum Gasteiger partial charge on any atom is 0.0573 e. The fourth-order valence-electron chi connectivity index (χ4n) is 3.06. The Labute approximate surface area is 146 Å². The first-order valence-corrected chi connectivity index (χ1v) is 8.45. The minimum atomic E-state index is 1.18. The molecule has 0 amide bonds. The van der Waals surface area contributed by atoms with E-state index in [1.54, 1.807) is 0 Å². The van der Waals surface area contributed by atoms with E-state index in [2.05, 4.69) is 77.7 Å². The van der Waals surface area contributed by atoms with Crippen LogP contribution in [0.5, 0.6) is 0 Å². The Morgan fingerprint density at radius 2 is 0.750 bits per heavy atom. The van der Waals surface area contributed by atoms with Gasteiger partial charge in [0.05, 0.1) is 12.4 Å². The maximum atomic E-state index is 4.33. The molecule has 2 heteroatoms. The molecule has 0 atom stereocenters. The smallest absolute Gasteiger partial charge is 0.0573 e. The summed E-state index contributed by atoms with van der Waals surface area (Å²) in [6.07, 6.45) is 3.77. The molecule has 24 heavy (non-hydrogen) atoms. The van der Waals surface area contributed by atoms with Gasteiger partial charge in [0.25, 0.3) is 0 Å². The van der Waals surface area contributed by atoms with Gasteiger partial charge in [0.2, 0.25) is 0 Å². The van der Waals surface area contributed by atoms with E-state index in [1.807, 2.05) is 12.4 Å². The standard InChI is InChI=1S/C22H28N2/c1-13-9-14(2)18(6)21(17(13)5)11-23-24-12-22-19(7)15(3)10-16(4)20(22)8/h9-12H,1-8H3/b23-11+,24-12+. The van der Waals surface area contributed by atoms with Crippen molar-refractivity contribution in [1.82, 2.24) is 0 Å². The van der Waals surface area contributed by atoms with Gasteiger partial charge in [0, 0.05) is 11.1 Å². The molecule has 0 aliphatic heterocycles. The van der Waals surface area contributed by atoms with Crippen LogP contribution in [0.4, 0.5) is 0 Å². The molecule has 0 heterocycles. The van der Waals surface area contributed by atoms with Crippen molar-refractivity contribution in [3.8, 4) is 0 Å². The average molecular weight is 320 g/mol. The molecular formula is C22H28N2. The summed E-state index contributed by atoms with van der Waals surface area (Å²) in [5.74, 6) is 0. The van der Waals surface area contributed by atoms with Gasteiger partial charge in [-0.1, -0.05) is 12.1 Å². The lowest BCUT2D eigenvalue weighted by molar-refractivity contribution is 1.20. The first-order chi connectivity index (χ1) is 11.2. The van der Waals surface area contributed by atoms with Crippen molar-refractivity contribution < 1.29 is 0 Å². The zero-order valence-corrected chi connectivity index (χ0v) is 16.2. The van der Waals surface area contributed by atoms with Crippen LogP contribution in [0.3, 0.4) is 0 Å². The van der Waals surface area contributed by atoms with E-state index in [9.17, 15) is 0 Å². The molecule has 0 unspecified atom stereocenters. The van der Waals surface area contributed by atoms with Crippen LogP contribution in [0.1, 0.15) is 55.6 Å². The van der Waals surface area contributed by atoms with Crippen LogP contribution in [-0.4, -0.2) is 12.4 Å². The second-order valence-electron chi connectivity index (χ2n) is 6.84. The Balaban J connectivity index is 2.36. The first-order valence-electron chi connectivity index (χ1n) is 8.45. The molecule has 0 N–H and O–H groups in total. The quantitative estimate of drug-likeness (QED) is 0.519. The predicted octanol–water partition coefficient (Wildman–Crippen LogP) is 5.61. The van der Waals surface area contributed by atoms with Crippen molar-refractivity contribution in [3.63, 3.8) is 0 Å². The molecule has 2 rings (SSSR count). The van der Waals surface area contributed by atoms with Crippen LogP contribution in [0.25, 0.3) is 0 Å². The van der Waals surface area contributed by atoms with E-state index in [1.165, 1.54) is 55.6 Å². The van der Waals surface area contributed by atoms with Crippen LogP contribution in [-0.2, 0) is 0 Å². The van der Waals surface area contributed by atoms with Crippen LogP contribution in [0.2, 0.25) is 0 Å². The van der Waals surface area contributed by atoms with Gasteiger partial charge in [-0.3, -0.25) is 0 Å². The fraction of sp³-hybridized carbons (Fsp3) is 0.364. The van der Waals surface area contributed by atoms with E-state index >= 15 is 0 Å². The molecule has 0 aliphatic carbocycles. The number of rotatable bonds is 3. The molecule has 0 bridgehead atoms. The Morgan fingerprint density at radius 1 is 0.500 bits per heavy atom. The van der Waals surface area contributed by atoms with Crippen LogP contribution in [0, 0.1) is 55.4 Å². The van der Waals surface area contributed by atoms with Crippen LogP contribution in [0.15, 0.2) is 22.3 Å². The molecule has 2 nitrogen and oxygen atoms in total. The van der Waals surface area contributed by atoms with E-state index in [0.29, 0.717) is 0 Å². The molecule has 0 aliphatic rings. The zero-order chi connectivity index (χ0) is 18.0. The largest absolute Gasteiger partial charge is 0.158 e. The van der Waals surface area contributed by atoms with Crippen LogP contribution < -0.4 is 0 Å². The zero-order valence-electron chi connectivity index (χ0n) is 16.2. The van der Waals surface area contributed by atoms with Gasteiger partial charge in [-0.15, -0.1) is 0 Å². The lowest BCUT2D eigenvalue weighted by atomic mass is 9.95. The molecule has 126 valence electrons. The highest BCUT2D eigenvalue weighted by Crippen LogP contribution is 2.21. The summed E-state index contributed by atoms with van der Waals surface area (Å²) >= 11 is 0. The number of aryl methyl sites for hydroxylation is 4. The summed E-state index contributed by atoms with van der Waals surface area (Å²) < 4.78 is 0. The third kappa shape index (κ3) is 3.48. The van der Waals surface area contributed by atoms with Gasteiger partial charge in [-0.05, 0) is 99.9 Å². The molecule has 0 saturated carbocycles. The van der Waals surface area contributed by atoms with E-state index in [-0.39, 0.29) is 0 Å². The highest BCUT2D eigenvalue weighted by molar-refractivity contribution is 5.87. The van der Waals surface area contributed by atoms with Gasteiger partial charge >= 0.3 is 0 Å². The number of hydrogen-bond donors (Lipinski definition) is 0. The normalized spacial score (nSPS) is 11.8. The lowest BCUT2D eigenvalue weighted by Gasteiger charge is -2.11. The summed E-state index contributed by atoms with van der Waals surface area (Å²) in [7, 11) is 0. The van der Waals surface area contributed by atoms with Crippen LogP contribution >= 0.6 is 0 Å². The molecule has 2 aromatic rings. The molecular weight excluding hydrogens is 292 g/mol. The van der Waals surface area contributed by atoms with Crippen molar-refractivity contribution >= 4 is 12.4 Å². The van der Waals surface area contributed by atoms with Crippen molar-refractivity contribution in [1.29, 1.82) is 0 Å². The summed E-state index contributed by atoms with van der Waals surface area (Å²) in [5, 5.41) is 8.65. The summed E-state index contributed by atoms with van der Waals surface area (Å²) in [6, 6.07) is 4.46. The number of nitrogens with zero attached hydrogens (tertiary/aromatic N) is 2. The Kier molecular flexibility index (Phi) is 5.38. The maximum absolute atomic E-state index is 4.33. The van der Waals surface area contributed by atoms with Gasteiger partial charge in [0.1, 0.15) is 0 Å². The number of hydrogen-bond acceptors (Lipinski definition) is 2. The minimum Gasteiger partial charge on any atom is -0.158 e. The van der Waals surface area contributed by atoms with Crippen molar-refractivity contribution in [2.75, 3.05) is 0 Å². The third-order valence-corrected chi connectivity index (χ3v) is 5.29. The molecule has 0 radical (unpaired) electrons. The second kappa shape index (κ2) is 7.12. The first kappa shape index (κ1) is 18.1. The molecule has 2 aromatic carbocycles. The average Bonchev–Trinajstić information content (AvgIpc) is 2.53. The molecule has 0 fully saturated rings. The fourth-order valence-corrected chi connectivity index (χ4v) is 3.06. The molecule has 0 saturated heterocycles. The highest BCUT2D eigenvalue weighted by Gasteiger charge is 2.07. The van der Waals surface area contributed by atoms with E-state index < -0.39 is 0 Å². The minimum absolute atomic E-state index is 1.18. The van der Waals surface area contributed by atoms with Gasteiger partial charge < -0.3 is 0 Å². The van der Waals surface area contributed by atoms with Crippen molar-refractivity contribution in [2.24, 2.45) is 10.2 Å². The van der Waals surface area contributed by atoms with Gasteiger partial charge in [0.15, 0.2) is 0 Å². The van der Waals surface area contributed by atoms with Crippen molar-refractivity contribution in [3.05, 3.63) is 67.8 Å². The SMILES string of the molecule is Cc1cc(C)c(C)c(/C=N/N=C/c2c(C)c(C)cc(C)c2C)c1C. The lowest BCUT2D eigenvalue weighted by Crippen LogP contribution is -1.99. The highest BCUT2D eigenvalue weighted by atomic mass is 15.2. The van der Waals surface area contributed by atoms with E-state index in [0.717, 1.165) is 0 Å². The number of benzene rings is 2. The molecule has 0 spiro atoms. The summed E-state index contributed by atoms with van der Waals surface area (Å²) in [6.45, 7) is 17.1. The monoisotopic (exact) mass is 320 g/mol. The van der Waals surface area contributed by atoms with Gasteiger partial charge in [-0.25, -0.2) is 0 Å². The van der Waals surface area contributed by atoms with Gasteiger partial charge in [-0.2, -0.15) is 10.2 Å². The molecule has 0 aromatic heterocycles. The van der Waals surface area contributed by atoms with Crippen molar-refractivity contribution in [2.45, 2.75) is 55.4 Å². The predicted molar refractivity (Wildman–Crippen MR) is 106 cm³/mol. The Hall–Kier alpha value is -2.22. The summed E-state index contributed by atoms with van der Waals surface area (Å²) in [5.41, 5.74) is 12.6. The second-order valence-corrected chi connectivity index (χ2v) is 6.84. The summed E-state index contributed by atoms with van der Waals surface area (Å²) in [4.78, 5) is 0. The topological polar surface area (TPSA) is 24.7 Å². The van der Waals surface area contributed by atoms with E-state index in [4.69, 9.17) is 0 Å². The Bertz CT molecular complexity index is 716.